The van der Waals surface area contributed by atoms with Crippen molar-refractivity contribution in [1.82, 2.24) is 67.4 Å². The van der Waals surface area contributed by atoms with E-state index in [0.29, 0.717) is 62.7 Å². The Labute approximate surface area is 682 Å². The summed E-state index contributed by atoms with van der Waals surface area (Å²) in [6.45, 7) is 1.61. The van der Waals surface area contributed by atoms with Gasteiger partial charge in [-0.3, -0.25) is 62.3 Å². The number of hydrogen-bond donors (Lipinski definition) is 14. The van der Waals surface area contributed by atoms with Gasteiger partial charge in [0.15, 0.2) is 11.6 Å². The lowest BCUT2D eigenvalue weighted by atomic mass is 9.95. The second-order valence-electron chi connectivity index (χ2n) is 28.6. The number of anilines is 10. The monoisotopic (exact) mass is 1640 g/mol. The maximum absolute atomic E-state index is 14.1. The minimum atomic E-state index is -0.656. The molecule has 13 amide bonds. The number of halogens is 1. The number of nitrogens with zero attached hydrogens (tertiary/aromatic N) is 11. The lowest BCUT2D eigenvalue weighted by Crippen LogP contribution is -2.30. The van der Waals surface area contributed by atoms with E-state index in [-0.39, 0.29) is 144 Å². The fraction of sp³-hybridized carbons (Fsp3) is 0.237. The highest BCUT2D eigenvalue weighted by atomic mass is 35.5. The molecule has 0 spiro atoms. The van der Waals surface area contributed by atoms with E-state index in [1.54, 1.807) is 109 Å². The lowest BCUT2D eigenvalue weighted by Gasteiger charge is -2.17. The predicted molar refractivity (Wildman–Crippen MR) is 443 cm³/mol. The summed E-state index contributed by atoms with van der Waals surface area (Å²) in [6, 6.07) is 24.8. The van der Waals surface area contributed by atoms with Crippen molar-refractivity contribution < 1.29 is 67.4 Å². The van der Waals surface area contributed by atoms with Crippen molar-refractivity contribution >= 4 is 167 Å². The molecule has 1 atom stereocenters. The van der Waals surface area contributed by atoms with Gasteiger partial charge in [-0.2, -0.15) is 0 Å². The number of fused-ring (bicyclic) bond motifs is 4. The molecule has 1 aliphatic heterocycles. The van der Waals surface area contributed by atoms with Gasteiger partial charge in [0.2, 0.25) is 35.3 Å². The van der Waals surface area contributed by atoms with Crippen LogP contribution < -0.4 is 68.7 Å². The average Bonchev–Trinajstić information content (AvgIpc) is 1.58. The summed E-state index contributed by atoms with van der Waals surface area (Å²) in [7, 11) is 12.8. The van der Waals surface area contributed by atoms with Gasteiger partial charge in [0.1, 0.15) is 45.6 Å². The normalized spacial score (nSPS) is 12.2. The van der Waals surface area contributed by atoms with Gasteiger partial charge < -0.3 is 115 Å². The summed E-state index contributed by atoms with van der Waals surface area (Å²) in [5.41, 5.74) is 5.86. The van der Waals surface area contributed by atoms with Crippen LogP contribution in [-0.4, -0.2) is 165 Å². The van der Waals surface area contributed by atoms with E-state index in [1.807, 2.05) is 24.3 Å². The van der Waals surface area contributed by atoms with Gasteiger partial charge in [-0.25, -0.2) is 9.97 Å². The first-order valence-corrected chi connectivity index (χ1v) is 37.7. The molecular formula is C80H83ClN24O14. The zero-order valence-corrected chi connectivity index (χ0v) is 66.5. The Kier molecular flexibility index (Phi) is 23.7. The number of hydrogen-bond acceptors (Lipinski definition) is 16. The van der Waals surface area contributed by atoms with Crippen LogP contribution in [0.3, 0.4) is 0 Å². The average molecular weight is 1640 g/mol. The molecule has 3 aromatic carbocycles. The summed E-state index contributed by atoms with van der Waals surface area (Å²) < 4.78 is 11.9. The number of phenols is 1. The molecule has 0 saturated carbocycles. The van der Waals surface area contributed by atoms with E-state index in [0.717, 1.165) is 10.9 Å². The molecule has 12 aromatic rings. The second-order valence-corrected chi connectivity index (χ2v) is 28.9. The number of alkyl halides is 1. The molecule has 1 unspecified atom stereocenters. The molecule has 13 rings (SSSR count). The van der Waals surface area contributed by atoms with E-state index in [2.05, 4.69) is 78.8 Å². The van der Waals surface area contributed by atoms with E-state index in [4.69, 9.17) is 11.6 Å². The first-order valence-electron chi connectivity index (χ1n) is 37.2. The van der Waals surface area contributed by atoms with Crippen LogP contribution in [0.4, 0.5) is 57.1 Å². The maximum Gasteiger partial charge on any atom is 0.291 e. The number of aromatic hydroxyl groups is 1. The van der Waals surface area contributed by atoms with Crippen molar-refractivity contribution in [3.8, 4) is 5.75 Å². The SMILES string of the molecule is CC(=O)Nc1cn(C)c(C(=O)Nc2cc(C(=O)Nc3cc(C(=O)NCCC(=O)Nc4cn(C)c(C(=O)Nc5cc(C(=O)NCCCC(=O)Nc6cc(C(=O)Nc7cc(C(=O)NCCC(=O)Nc8cc(C(=O)Nc9ccc%10[nH]c(C(=O)N%11CC(CCl)c%12c%11cc(O)c%11ccccc%12%11)cc%10c9)n(C)c8)n(C)c7)n(C)c6)n(C)c5)n4)n(C)c3)n(C)c2)n1. The number of aromatic amines is 1. The van der Waals surface area contributed by atoms with Crippen LogP contribution >= 0.6 is 11.6 Å². The third-order valence-corrected chi connectivity index (χ3v) is 20.0. The molecular weight excluding hydrogens is 1560 g/mol. The lowest BCUT2D eigenvalue weighted by molar-refractivity contribution is -0.117. The summed E-state index contributed by atoms with van der Waals surface area (Å²) in [5, 5.41) is 45.7. The Balaban J connectivity index is 0.497. The van der Waals surface area contributed by atoms with Crippen molar-refractivity contribution in [3.05, 3.63) is 198 Å². The van der Waals surface area contributed by atoms with E-state index < -0.39 is 65.0 Å². The van der Waals surface area contributed by atoms with Gasteiger partial charge in [-0.05, 0) is 78.0 Å². The smallest absolute Gasteiger partial charge is 0.291 e. The van der Waals surface area contributed by atoms with Crippen molar-refractivity contribution in [1.29, 1.82) is 0 Å². The van der Waals surface area contributed by atoms with Gasteiger partial charge in [0, 0.05) is 198 Å². The number of phenolic OH excluding ortho intramolecular Hbond substituents is 1. The van der Waals surface area contributed by atoms with Crippen LogP contribution in [0.5, 0.6) is 5.75 Å². The van der Waals surface area contributed by atoms with Gasteiger partial charge in [0.25, 0.3) is 53.2 Å². The molecule has 614 valence electrons. The number of nitrogens with one attached hydrogen (secondary N) is 13. The first kappa shape index (κ1) is 81.8. The number of carbonyl (C=O) groups is 13. The Morgan fingerprint density at radius 3 is 1.27 bits per heavy atom. The third kappa shape index (κ3) is 18.5. The van der Waals surface area contributed by atoms with Crippen LogP contribution in [0.1, 0.15) is 139 Å². The van der Waals surface area contributed by atoms with Crippen LogP contribution in [0.15, 0.2) is 141 Å². The molecule has 1 aliphatic rings. The molecule has 0 bridgehead atoms. The number of amides is 13. The Bertz CT molecular complexity index is 6130. The highest BCUT2D eigenvalue weighted by Crippen LogP contribution is 2.46. The van der Waals surface area contributed by atoms with Crippen LogP contribution in [0.2, 0.25) is 0 Å². The number of H-pyrrole nitrogens is 1. The van der Waals surface area contributed by atoms with Crippen molar-refractivity contribution in [3.63, 3.8) is 0 Å². The molecule has 9 aromatic heterocycles. The van der Waals surface area contributed by atoms with Crippen molar-refractivity contribution in [2.75, 3.05) is 84.8 Å². The minimum Gasteiger partial charge on any atom is -0.507 e. The van der Waals surface area contributed by atoms with Gasteiger partial charge >= 0.3 is 0 Å². The van der Waals surface area contributed by atoms with Gasteiger partial charge in [-0.15, -0.1) is 11.6 Å². The number of rotatable bonds is 29. The highest BCUT2D eigenvalue weighted by Gasteiger charge is 2.36. The third-order valence-electron chi connectivity index (χ3n) is 19.6. The van der Waals surface area contributed by atoms with E-state index in [9.17, 15) is 67.4 Å². The van der Waals surface area contributed by atoms with E-state index >= 15 is 0 Å². The van der Waals surface area contributed by atoms with Crippen LogP contribution in [0, 0.1) is 0 Å². The molecule has 0 aliphatic carbocycles. The largest absolute Gasteiger partial charge is 0.507 e. The summed E-state index contributed by atoms with van der Waals surface area (Å²) in [5.74, 6) is -5.96. The maximum atomic E-state index is 14.1. The summed E-state index contributed by atoms with van der Waals surface area (Å²) in [6.07, 6.45) is 12.1. The zero-order valence-electron chi connectivity index (χ0n) is 65.8. The fourth-order valence-electron chi connectivity index (χ4n) is 13.9. The van der Waals surface area contributed by atoms with E-state index in [1.165, 1.54) is 112 Å². The highest BCUT2D eigenvalue weighted by molar-refractivity contribution is 6.20. The predicted octanol–water partition coefficient (Wildman–Crippen LogP) is 7.39. The van der Waals surface area contributed by atoms with Gasteiger partial charge in [0.05, 0.1) is 39.8 Å². The number of benzene rings is 3. The molecule has 10 heterocycles. The fourth-order valence-corrected chi connectivity index (χ4v) is 14.2. The molecule has 38 nitrogen and oxygen atoms in total. The van der Waals surface area contributed by atoms with Crippen molar-refractivity contribution in [2.24, 2.45) is 56.4 Å². The minimum absolute atomic E-state index is 0.00203. The molecule has 39 heteroatoms. The van der Waals surface area contributed by atoms with Crippen LogP contribution in [0.25, 0.3) is 21.7 Å². The Hall–Kier alpha value is -15.2. The Morgan fingerprint density at radius 2 is 0.815 bits per heavy atom. The zero-order chi connectivity index (χ0) is 84.9. The standard InChI is InChI=1S/C80H83ClN24O14/c1-42(106)85-64-40-103(8)70(95-64)78(117)92-51-30-62(102(7)39-51)77(116)90-49-28-59(98(3)37-49)74(113)84-22-19-68(110)94-65-41-104(9)71(96-65)79(118)91-50-29-57(99(4)38-50)72(111)82-20-12-15-66(108)86-46-25-61(101(6)34-46)76(115)89-48-27-58(97(2)36-48)73(112)83-21-18-67(109)87-47-26-60(100(5)35-47)75(114)88-45-16-17-54-43(23-45)24-55(93-54)80(119)105-33-44(32-81)69-53-14-11-10-13-52(53)63(107)31-56(69)105/h10-11,13-14,16-17,23-31,34-41,44,93,107H,12,15,18-22,32-33H2,1-9H3,(H,82,111)(H,83,112)(H,84,113)(H,85,106)(H,86,108)(H,87,109)(H,88,114)(H,89,115)(H,90,116)(H,91,118)(H,92,117)(H,94,110). The topological polar surface area (TPSA) is 471 Å². The number of aromatic nitrogens is 11. The number of carbonyl (C=O) groups excluding carboxylic acids is 13. The second kappa shape index (κ2) is 34.4. The summed E-state index contributed by atoms with van der Waals surface area (Å²) in [4.78, 5) is 185. The quantitative estimate of drug-likeness (QED) is 0.0160. The summed E-state index contributed by atoms with van der Waals surface area (Å²) >= 11 is 6.42. The number of imidazole rings is 2. The van der Waals surface area contributed by atoms with Crippen molar-refractivity contribution in [2.45, 2.75) is 38.5 Å². The molecule has 0 radical (unpaired) electrons. The molecule has 0 saturated heterocycles. The Morgan fingerprint density at radius 1 is 0.420 bits per heavy atom. The molecule has 119 heavy (non-hydrogen) atoms. The van der Waals surface area contributed by atoms with Crippen LogP contribution in [-0.2, 0) is 75.6 Å². The van der Waals surface area contributed by atoms with Gasteiger partial charge in [-0.1, -0.05) is 24.3 Å². The molecule has 14 N–H and O–H groups in total. The first-order chi connectivity index (χ1) is 56.8. The molecule has 0 fully saturated rings. The number of aryl methyl sites for hydroxylation is 8.